The van der Waals surface area contributed by atoms with Crippen LogP contribution >= 0.6 is 11.6 Å². The Bertz CT molecular complexity index is 366. The van der Waals surface area contributed by atoms with E-state index in [0.29, 0.717) is 11.6 Å². The number of carbonyl (C=O) groups is 1. The van der Waals surface area contributed by atoms with Crippen LogP contribution in [-0.4, -0.2) is 17.1 Å². The third-order valence-corrected chi connectivity index (χ3v) is 2.63. The van der Waals surface area contributed by atoms with Gasteiger partial charge in [-0.25, -0.2) is 0 Å². The van der Waals surface area contributed by atoms with E-state index in [1.165, 1.54) is 0 Å². The van der Waals surface area contributed by atoms with Gasteiger partial charge in [-0.2, -0.15) is 0 Å². The highest BCUT2D eigenvalue weighted by molar-refractivity contribution is 6.31. The molecule has 0 bridgehead atoms. The smallest absolute Gasteiger partial charge is 0.320 e. The normalized spacial score (nSPS) is 12.5. The Labute approximate surface area is 94.1 Å². The van der Waals surface area contributed by atoms with Crippen molar-refractivity contribution < 1.29 is 9.90 Å². The highest BCUT2D eigenvalue weighted by Crippen LogP contribution is 2.16. The monoisotopic (exact) mass is 227 g/mol. The molecule has 1 aromatic rings. The van der Waals surface area contributed by atoms with Crippen molar-refractivity contribution in [1.29, 1.82) is 0 Å². The molecule has 1 unspecified atom stereocenters. The van der Waals surface area contributed by atoms with Crippen LogP contribution < -0.4 is 5.32 Å². The summed E-state index contributed by atoms with van der Waals surface area (Å²) in [6.07, 6.45) is 0. The van der Waals surface area contributed by atoms with Crippen molar-refractivity contribution in [1.82, 2.24) is 5.32 Å². The van der Waals surface area contributed by atoms with E-state index in [1.807, 2.05) is 25.1 Å². The molecular weight excluding hydrogens is 214 g/mol. The van der Waals surface area contributed by atoms with Gasteiger partial charge < -0.3 is 10.4 Å². The summed E-state index contributed by atoms with van der Waals surface area (Å²) >= 11 is 5.95. The van der Waals surface area contributed by atoms with Gasteiger partial charge in [-0.05, 0) is 31.0 Å². The molecule has 0 amide bonds. The number of hydrogen-bond acceptors (Lipinski definition) is 2. The molecule has 15 heavy (non-hydrogen) atoms. The van der Waals surface area contributed by atoms with Crippen LogP contribution in [0.5, 0.6) is 0 Å². The molecule has 0 aromatic heterocycles. The molecule has 82 valence electrons. The minimum absolute atomic E-state index is 0.507. The van der Waals surface area contributed by atoms with Crippen LogP contribution in [0.15, 0.2) is 18.2 Å². The van der Waals surface area contributed by atoms with Gasteiger partial charge in [0.25, 0.3) is 0 Å². The maximum atomic E-state index is 10.6. The lowest BCUT2D eigenvalue weighted by molar-refractivity contribution is -0.139. The second kappa shape index (κ2) is 5.14. The molecule has 0 radical (unpaired) electrons. The van der Waals surface area contributed by atoms with Gasteiger partial charge in [0.15, 0.2) is 0 Å². The molecule has 1 aromatic carbocycles. The van der Waals surface area contributed by atoms with E-state index >= 15 is 0 Å². The van der Waals surface area contributed by atoms with Crippen LogP contribution in [0.2, 0.25) is 5.02 Å². The summed E-state index contributed by atoms with van der Waals surface area (Å²) in [6.45, 7) is 4.05. The van der Waals surface area contributed by atoms with Gasteiger partial charge in [0.2, 0.25) is 0 Å². The lowest BCUT2D eigenvalue weighted by Crippen LogP contribution is -2.33. The summed E-state index contributed by atoms with van der Waals surface area (Å²) in [5.41, 5.74) is 2.00. The second-order valence-corrected chi connectivity index (χ2v) is 3.93. The van der Waals surface area contributed by atoms with Crippen LogP contribution in [0.1, 0.15) is 18.1 Å². The Balaban J connectivity index is 2.58. The van der Waals surface area contributed by atoms with Crippen LogP contribution in [0, 0.1) is 6.92 Å². The summed E-state index contributed by atoms with van der Waals surface area (Å²) in [7, 11) is 0. The zero-order chi connectivity index (χ0) is 11.4. The van der Waals surface area contributed by atoms with E-state index in [9.17, 15) is 4.79 Å². The fourth-order valence-corrected chi connectivity index (χ4v) is 1.31. The molecule has 1 rings (SSSR count). The molecule has 0 heterocycles. The molecule has 0 saturated heterocycles. The molecule has 0 aliphatic heterocycles. The number of aliphatic carboxylic acids is 1. The molecule has 0 saturated carbocycles. The van der Waals surface area contributed by atoms with E-state index < -0.39 is 12.0 Å². The number of halogens is 1. The van der Waals surface area contributed by atoms with Gasteiger partial charge in [0.1, 0.15) is 6.04 Å². The Kier molecular flexibility index (Phi) is 4.12. The molecule has 2 N–H and O–H groups in total. The molecule has 4 heteroatoms. The van der Waals surface area contributed by atoms with Crippen LogP contribution in [0.3, 0.4) is 0 Å². The van der Waals surface area contributed by atoms with Crippen molar-refractivity contribution in [3.8, 4) is 0 Å². The zero-order valence-corrected chi connectivity index (χ0v) is 9.51. The van der Waals surface area contributed by atoms with E-state index in [2.05, 4.69) is 5.32 Å². The summed E-state index contributed by atoms with van der Waals surface area (Å²) in [5.74, 6) is -0.854. The number of carboxylic acid groups (broad SMARTS) is 1. The summed E-state index contributed by atoms with van der Waals surface area (Å²) in [5, 5.41) is 12.3. The first-order valence-electron chi connectivity index (χ1n) is 4.72. The Hall–Kier alpha value is -1.06. The summed E-state index contributed by atoms with van der Waals surface area (Å²) in [6, 6.07) is 5.15. The van der Waals surface area contributed by atoms with Crippen molar-refractivity contribution in [3.63, 3.8) is 0 Å². The predicted octanol–water partition coefficient (Wildman–Crippen LogP) is 2.21. The average molecular weight is 228 g/mol. The standard InChI is InChI=1S/C11H14ClNO2/c1-7-3-4-9(5-10(7)12)6-13-8(2)11(14)15/h3-5,8,13H,6H2,1-2H3,(H,14,15). The molecular formula is C11H14ClNO2. The van der Waals surface area contributed by atoms with Crippen LogP contribution in [0.25, 0.3) is 0 Å². The van der Waals surface area contributed by atoms with Crippen molar-refractivity contribution in [3.05, 3.63) is 34.3 Å². The maximum Gasteiger partial charge on any atom is 0.320 e. The molecule has 0 aliphatic rings. The van der Waals surface area contributed by atoms with E-state index in [-0.39, 0.29) is 0 Å². The topological polar surface area (TPSA) is 49.3 Å². The lowest BCUT2D eigenvalue weighted by atomic mass is 10.1. The number of carboxylic acids is 1. The fraction of sp³-hybridized carbons (Fsp3) is 0.364. The van der Waals surface area contributed by atoms with E-state index in [4.69, 9.17) is 16.7 Å². The first-order valence-corrected chi connectivity index (χ1v) is 5.09. The highest BCUT2D eigenvalue weighted by atomic mass is 35.5. The zero-order valence-electron chi connectivity index (χ0n) is 8.75. The van der Waals surface area contributed by atoms with Gasteiger partial charge in [-0.3, -0.25) is 4.79 Å². The third-order valence-electron chi connectivity index (χ3n) is 2.22. The van der Waals surface area contributed by atoms with Gasteiger partial charge in [-0.1, -0.05) is 23.7 Å². The number of nitrogens with one attached hydrogen (secondary N) is 1. The van der Waals surface area contributed by atoms with Gasteiger partial charge in [0.05, 0.1) is 0 Å². The Morgan fingerprint density at radius 1 is 1.60 bits per heavy atom. The minimum atomic E-state index is -0.854. The highest BCUT2D eigenvalue weighted by Gasteiger charge is 2.09. The number of benzene rings is 1. The molecule has 3 nitrogen and oxygen atoms in total. The first-order chi connectivity index (χ1) is 7.00. The van der Waals surface area contributed by atoms with Crippen molar-refractivity contribution in [2.45, 2.75) is 26.4 Å². The number of rotatable bonds is 4. The maximum absolute atomic E-state index is 10.6. The van der Waals surface area contributed by atoms with Crippen molar-refractivity contribution in [2.75, 3.05) is 0 Å². The first kappa shape index (κ1) is 12.0. The predicted molar refractivity (Wildman–Crippen MR) is 60.1 cm³/mol. The second-order valence-electron chi connectivity index (χ2n) is 3.52. The van der Waals surface area contributed by atoms with Crippen molar-refractivity contribution in [2.24, 2.45) is 0 Å². The van der Waals surface area contributed by atoms with Crippen LogP contribution in [-0.2, 0) is 11.3 Å². The molecule has 0 aliphatic carbocycles. The Morgan fingerprint density at radius 3 is 2.80 bits per heavy atom. The third kappa shape index (κ3) is 3.53. The fourth-order valence-electron chi connectivity index (χ4n) is 1.10. The molecule has 1 atom stereocenters. The summed E-state index contributed by atoms with van der Waals surface area (Å²) in [4.78, 5) is 10.6. The molecule has 0 fully saturated rings. The van der Waals surface area contributed by atoms with Gasteiger partial charge in [0, 0.05) is 11.6 Å². The van der Waals surface area contributed by atoms with E-state index in [0.717, 1.165) is 11.1 Å². The SMILES string of the molecule is Cc1ccc(CNC(C)C(=O)O)cc1Cl. The van der Waals surface area contributed by atoms with Crippen molar-refractivity contribution >= 4 is 17.6 Å². The molecule has 0 spiro atoms. The lowest BCUT2D eigenvalue weighted by Gasteiger charge is -2.09. The van der Waals surface area contributed by atoms with E-state index in [1.54, 1.807) is 6.92 Å². The van der Waals surface area contributed by atoms with Gasteiger partial charge >= 0.3 is 5.97 Å². The quantitative estimate of drug-likeness (QED) is 0.829. The van der Waals surface area contributed by atoms with Crippen LogP contribution in [0.4, 0.5) is 0 Å². The average Bonchev–Trinajstić information content (AvgIpc) is 2.19. The number of aryl methyl sites for hydroxylation is 1. The minimum Gasteiger partial charge on any atom is -0.480 e. The summed E-state index contributed by atoms with van der Waals surface area (Å²) < 4.78 is 0. The largest absolute Gasteiger partial charge is 0.480 e. The van der Waals surface area contributed by atoms with Gasteiger partial charge in [-0.15, -0.1) is 0 Å². The Morgan fingerprint density at radius 2 is 2.27 bits per heavy atom. The number of hydrogen-bond donors (Lipinski definition) is 2.